The second kappa shape index (κ2) is 10.4. The smallest absolute Gasteiger partial charge is 0.414 e. The maximum Gasteiger partial charge on any atom is 0.414 e. The predicted octanol–water partition coefficient (Wildman–Crippen LogP) is 4.74. The molecular weight excluding hydrogens is 471 g/mol. The van der Waals surface area contributed by atoms with Crippen molar-refractivity contribution < 1.29 is 18.7 Å². The Balaban J connectivity index is 1.20. The number of rotatable bonds is 8. The minimum Gasteiger partial charge on any atom is -0.442 e. The predicted molar refractivity (Wildman–Crippen MR) is 142 cm³/mol. The lowest BCUT2D eigenvalue weighted by atomic mass is 10.0. The molecule has 2 amide bonds. The number of hydrogen-bond acceptors (Lipinski definition) is 4. The number of amides is 2. The molecule has 1 aromatic heterocycles. The molecule has 0 spiro atoms. The molecule has 1 aliphatic rings. The minimum absolute atomic E-state index is 0.198. The Bertz CT molecular complexity index is 1450. The number of halogens is 1. The van der Waals surface area contributed by atoms with Crippen molar-refractivity contribution >= 4 is 28.6 Å². The number of carbonyl (C=O) groups is 2. The second-order valence-electron chi connectivity index (χ2n) is 9.27. The third kappa shape index (κ3) is 5.34. The van der Waals surface area contributed by atoms with E-state index in [0.717, 1.165) is 17.7 Å². The lowest BCUT2D eigenvalue weighted by Crippen LogP contribution is -2.33. The molecule has 3 aromatic carbocycles. The van der Waals surface area contributed by atoms with Crippen molar-refractivity contribution in [3.63, 3.8) is 0 Å². The standard InChI is InChI=1S/C29H29FN4O3/c1-19(35)32-17-25-18-34(29(36)37-25)23-11-12-26(27(30)14-23)21-9-7-20(8-10-21)15-31-16-24-13-22-5-3-4-6-28(22)33(24)2/h3-14,25,31H,15-18H2,1-2H3,(H,32,35)/t25-/m0/s1. The highest BCUT2D eigenvalue weighted by molar-refractivity contribution is 5.90. The second-order valence-corrected chi connectivity index (χ2v) is 9.27. The van der Waals surface area contributed by atoms with E-state index in [4.69, 9.17) is 4.74 Å². The topological polar surface area (TPSA) is 75.6 Å². The number of carbonyl (C=O) groups excluding carboxylic acids is 2. The van der Waals surface area contributed by atoms with Crippen LogP contribution in [0, 0.1) is 5.82 Å². The fourth-order valence-corrected chi connectivity index (χ4v) is 4.66. The zero-order valence-electron chi connectivity index (χ0n) is 20.8. The van der Waals surface area contributed by atoms with Gasteiger partial charge in [0.2, 0.25) is 5.91 Å². The van der Waals surface area contributed by atoms with Crippen molar-refractivity contribution in [1.29, 1.82) is 0 Å². The van der Waals surface area contributed by atoms with Gasteiger partial charge in [-0.05, 0) is 46.8 Å². The molecule has 0 radical (unpaired) electrons. The fourth-order valence-electron chi connectivity index (χ4n) is 4.66. The van der Waals surface area contributed by atoms with Crippen LogP contribution in [0.5, 0.6) is 0 Å². The fraction of sp³-hybridized carbons (Fsp3) is 0.241. The number of para-hydroxylation sites is 1. The zero-order valence-corrected chi connectivity index (χ0v) is 20.8. The highest BCUT2D eigenvalue weighted by atomic mass is 19.1. The average Bonchev–Trinajstić information content (AvgIpc) is 3.42. The normalized spacial score (nSPS) is 15.3. The third-order valence-electron chi connectivity index (χ3n) is 6.67. The average molecular weight is 501 g/mol. The van der Waals surface area contributed by atoms with E-state index in [1.54, 1.807) is 12.1 Å². The molecule has 7 nitrogen and oxygen atoms in total. The Labute approximate surface area is 214 Å². The number of aromatic nitrogens is 1. The Morgan fingerprint density at radius 3 is 2.57 bits per heavy atom. The molecular formula is C29H29FN4O3. The van der Waals surface area contributed by atoms with Crippen molar-refractivity contribution in [2.75, 3.05) is 18.0 Å². The maximum absolute atomic E-state index is 15.0. The van der Waals surface area contributed by atoms with Crippen LogP contribution >= 0.6 is 0 Å². The van der Waals surface area contributed by atoms with Crippen LogP contribution in [0.25, 0.3) is 22.0 Å². The van der Waals surface area contributed by atoms with E-state index in [-0.39, 0.29) is 19.0 Å². The molecule has 1 saturated heterocycles. The van der Waals surface area contributed by atoms with E-state index < -0.39 is 18.0 Å². The number of hydrogen-bond donors (Lipinski definition) is 2. The first-order valence-corrected chi connectivity index (χ1v) is 12.2. The van der Waals surface area contributed by atoms with Crippen molar-refractivity contribution in [3.8, 4) is 11.1 Å². The van der Waals surface area contributed by atoms with Crippen LogP contribution in [-0.4, -0.2) is 35.8 Å². The van der Waals surface area contributed by atoms with Gasteiger partial charge in [-0.1, -0.05) is 42.5 Å². The van der Waals surface area contributed by atoms with Crippen LogP contribution in [0.3, 0.4) is 0 Å². The molecule has 0 bridgehead atoms. The van der Waals surface area contributed by atoms with E-state index in [1.807, 2.05) is 36.4 Å². The SMILES string of the molecule is CC(=O)NC[C@H]1CN(c2ccc(-c3ccc(CNCc4cc5ccccc5n4C)cc3)c(F)c2)C(=O)O1. The molecule has 1 fully saturated rings. The highest BCUT2D eigenvalue weighted by Gasteiger charge is 2.32. The number of anilines is 1. The Kier molecular flexibility index (Phi) is 6.92. The largest absolute Gasteiger partial charge is 0.442 e. The summed E-state index contributed by atoms with van der Waals surface area (Å²) in [5.74, 6) is -0.617. The molecule has 190 valence electrons. The number of aryl methyl sites for hydroxylation is 1. The lowest BCUT2D eigenvalue weighted by Gasteiger charge is -2.15. The Morgan fingerprint density at radius 2 is 1.84 bits per heavy atom. The summed E-state index contributed by atoms with van der Waals surface area (Å²) in [6.07, 6.45) is -1.02. The summed E-state index contributed by atoms with van der Waals surface area (Å²) >= 11 is 0. The summed E-state index contributed by atoms with van der Waals surface area (Å²) in [5, 5.41) is 7.34. The van der Waals surface area contributed by atoms with Gasteiger partial charge in [-0.15, -0.1) is 0 Å². The minimum atomic E-state index is -0.553. The van der Waals surface area contributed by atoms with Gasteiger partial charge < -0.3 is 19.9 Å². The summed E-state index contributed by atoms with van der Waals surface area (Å²) in [6.45, 7) is 3.31. The number of cyclic esters (lactones) is 1. The van der Waals surface area contributed by atoms with Crippen molar-refractivity contribution in [3.05, 3.63) is 89.9 Å². The molecule has 1 aliphatic heterocycles. The van der Waals surface area contributed by atoms with Crippen LogP contribution in [0.15, 0.2) is 72.8 Å². The summed E-state index contributed by atoms with van der Waals surface area (Å²) in [5.41, 5.74) is 5.16. The van der Waals surface area contributed by atoms with Crippen LogP contribution in [-0.2, 0) is 29.7 Å². The Morgan fingerprint density at radius 1 is 1.05 bits per heavy atom. The first kappa shape index (κ1) is 24.5. The zero-order chi connectivity index (χ0) is 25.9. The molecule has 5 rings (SSSR count). The van der Waals surface area contributed by atoms with Crippen LogP contribution in [0.1, 0.15) is 18.2 Å². The van der Waals surface area contributed by atoms with Crippen LogP contribution < -0.4 is 15.5 Å². The van der Waals surface area contributed by atoms with Gasteiger partial charge in [0.1, 0.15) is 11.9 Å². The molecule has 0 unspecified atom stereocenters. The van der Waals surface area contributed by atoms with E-state index in [1.165, 1.54) is 34.5 Å². The van der Waals surface area contributed by atoms with Gasteiger partial charge in [0.15, 0.2) is 0 Å². The van der Waals surface area contributed by atoms with Crippen molar-refractivity contribution in [1.82, 2.24) is 15.2 Å². The molecule has 8 heteroatoms. The van der Waals surface area contributed by atoms with Crippen molar-refractivity contribution in [2.45, 2.75) is 26.1 Å². The van der Waals surface area contributed by atoms with Gasteiger partial charge in [0.25, 0.3) is 0 Å². The summed E-state index contributed by atoms with van der Waals surface area (Å²) < 4.78 is 22.5. The van der Waals surface area contributed by atoms with E-state index in [2.05, 4.69) is 40.4 Å². The summed E-state index contributed by atoms with van der Waals surface area (Å²) in [6, 6.07) is 23.0. The number of nitrogens with one attached hydrogen (secondary N) is 2. The van der Waals surface area contributed by atoms with Gasteiger partial charge in [-0.2, -0.15) is 0 Å². The summed E-state index contributed by atoms with van der Waals surface area (Å²) in [4.78, 5) is 24.7. The van der Waals surface area contributed by atoms with E-state index in [9.17, 15) is 9.59 Å². The molecule has 0 aliphatic carbocycles. The first-order valence-electron chi connectivity index (χ1n) is 12.2. The van der Waals surface area contributed by atoms with Crippen molar-refractivity contribution in [2.24, 2.45) is 7.05 Å². The molecule has 37 heavy (non-hydrogen) atoms. The number of fused-ring (bicyclic) bond motifs is 1. The Hall–Kier alpha value is -4.17. The number of ether oxygens (including phenoxy) is 1. The van der Waals surface area contributed by atoms with E-state index >= 15 is 4.39 Å². The molecule has 2 N–H and O–H groups in total. The quantitative estimate of drug-likeness (QED) is 0.367. The molecule has 4 aromatic rings. The van der Waals surface area contributed by atoms with Gasteiger partial charge in [-0.3, -0.25) is 9.69 Å². The number of benzene rings is 3. The monoisotopic (exact) mass is 500 g/mol. The van der Waals surface area contributed by atoms with Crippen LogP contribution in [0.4, 0.5) is 14.9 Å². The van der Waals surface area contributed by atoms with Gasteiger partial charge in [0.05, 0.1) is 18.8 Å². The summed E-state index contributed by atoms with van der Waals surface area (Å²) in [7, 11) is 2.07. The van der Waals surface area contributed by atoms with Gasteiger partial charge >= 0.3 is 6.09 Å². The molecule has 1 atom stereocenters. The lowest BCUT2D eigenvalue weighted by molar-refractivity contribution is -0.119. The highest BCUT2D eigenvalue weighted by Crippen LogP contribution is 2.29. The van der Waals surface area contributed by atoms with E-state index in [0.29, 0.717) is 17.8 Å². The number of nitrogens with zero attached hydrogens (tertiary/aromatic N) is 2. The first-order chi connectivity index (χ1) is 17.9. The van der Waals surface area contributed by atoms with Crippen LogP contribution in [0.2, 0.25) is 0 Å². The molecule has 2 heterocycles. The maximum atomic E-state index is 15.0. The third-order valence-corrected chi connectivity index (χ3v) is 6.67. The van der Waals surface area contributed by atoms with Gasteiger partial charge in [0, 0.05) is 43.8 Å². The molecule has 0 saturated carbocycles. The van der Waals surface area contributed by atoms with Gasteiger partial charge in [-0.25, -0.2) is 9.18 Å².